The summed E-state index contributed by atoms with van der Waals surface area (Å²) in [6, 6.07) is 0.413. The van der Waals surface area contributed by atoms with Crippen LogP contribution in [0.3, 0.4) is 0 Å². The second-order valence-corrected chi connectivity index (χ2v) is 6.59. The molecule has 0 amide bonds. The summed E-state index contributed by atoms with van der Waals surface area (Å²) in [4.78, 5) is 2.80. The first kappa shape index (κ1) is 14.4. The highest BCUT2D eigenvalue weighted by Crippen LogP contribution is 2.42. The Morgan fingerprint density at radius 1 is 1.20 bits per heavy atom. The predicted octanol–water partition coefficient (Wildman–Crippen LogP) is 3.07. The monoisotopic (exact) mass is 278 g/mol. The molecule has 3 rings (SSSR count). The molecule has 1 unspecified atom stereocenters. The molecule has 0 aromatic heterocycles. The van der Waals surface area contributed by atoms with Gasteiger partial charge in [-0.15, -0.1) is 0 Å². The van der Waals surface area contributed by atoms with Gasteiger partial charge in [-0.1, -0.05) is 26.2 Å². The van der Waals surface area contributed by atoms with Crippen LogP contribution in [0.1, 0.15) is 58.3 Å². The fourth-order valence-corrected chi connectivity index (χ4v) is 4.51. The van der Waals surface area contributed by atoms with Gasteiger partial charge in [-0.3, -0.25) is 4.90 Å². The number of hydrogen-bond donors (Lipinski definition) is 1. The van der Waals surface area contributed by atoms with E-state index in [-0.39, 0.29) is 0 Å². The Kier molecular flexibility index (Phi) is 4.67. The molecule has 114 valence electrons. The van der Waals surface area contributed by atoms with Crippen molar-refractivity contribution in [2.24, 2.45) is 0 Å². The minimum Gasteiger partial charge on any atom is -0.496 e. The van der Waals surface area contributed by atoms with E-state index in [2.05, 4.69) is 23.2 Å². The zero-order valence-corrected chi connectivity index (χ0v) is 13.0. The summed E-state index contributed by atoms with van der Waals surface area (Å²) in [5, 5.41) is 3.77. The summed E-state index contributed by atoms with van der Waals surface area (Å²) in [6.07, 6.45) is 13.0. The molecule has 20 heavy (non-hydrogen) atoms. The third-order valence-electron chi connectivity index (χ3n) is 5.42. The first-order chi connectivity index (χ1) is 9.87. The van der Waals surface area contributed by atoms with E-state index in [0.29, 0.717) is 11.6 Å². The molecule has 3 aliphatic rings. The van der Waals surface area contributed by atoms with Gasteiger partial charge >= 0.3 is 0 Å². The number of ether oxygens (including phenoxy) is 1. The molecule has 1 N–H and O–H groups in total. The molecule has 2 fully saturated rings. The van der Waals surface area contributed by atoms with Crippen LogP contribution in [0.5, 0.6) is 0 Å². The lowest BCUT2D eigenvalue weighted by Crippen LogP contribution is -2.61. The van der Waals surface area contributed by atoms with Crippen molar-refractivity contribution in [2.45, 2.75) is 69.9 Å². The van der Waals surface area contributed by atoms with Crippen molar-refractivity contribution in [2.75, 3.05) is 26.2 Å². The van der Waals surface area contributed by atoms with E-state index in [1.807, 2.05) is 0 Å². The van der Waals surface area contributed by atoms with Crippen LogP contribution in [0.2, 0.25) is 0 Å². The Balaban J connectivity index is 1.85. The van der Waals surface area contributed by atoms with Crippen LogP contribution < -0.4 is 5.32 Å². The van der Waals surface area contributed by atoms with Crippen LogP contribution in [0.15, 0.2) is 11.8 Å². The van der Waals surface area contributed by atoms with Gasteiger partial charge in [0, 0.05) is 12.0 Å². The van der Waals surface area contributed by atoms with E-state index >= 15 is 0 Å². The minimum atomic E-state index is 0.326. The third-order valence-corrected chi connectivity index (χ3v) is 5.42. The normalized spacial score (nSPS) is 28.1. The Labute approximate surface area is 123 Å². The summed E-state index contributed by atoms with van der Waals surface area (Å²) >= 11 is 0. The van der Waals surface area contributed by atoms with Crippen LogP contribution in [-0.2, 0) is 4.74 Å². The number of likely N-dealkylation sites (N-methyl/N-ethyl adjacent to an activating group) is 1. The molecule has 0 radical (unpaired) electrons. The predicted molar refractivity (Wildman–Crippen MR) is 82.7 cm³/mol. The number of piperidine rings is 1. The molecular weight excluding hydrogens is 248 g/mol. The van der Waals surface area contributed by atoms with Crippen molar-refractivity contribution in [1.29, 1.82) is 0 Å². The second-order valence-electron chi connectivity index (χ2n) is 6.59. The maximum Gasteiger partial charge on any atom is 0.111 e. The van der Waals surface area contributed by atoms with Gasteiger partial charge in [0.1, 0.15) is 5.76 Å². The minimum absolute atomic E-state index is 0.326. The van der Waals surface area contributed by atoms with Crippen LogP contribution in [-0.4, -0.2) is 42.7 Å². The maximum absolute atomic E-state index is 5.97. The Hall–Kier alpha value is -0.540. The molecule has 1 saturated carbocycles. The van der Waals surface area contributed by atoms with Gasteiger partial charge in [0.25, 0.3) is 0 Å². The molecule has 0 aromatic rings. The average Bonchev–Trinajstić information content (AvgIpc) is 3.18. The van der Waals surface area contributed by atoms with Crippen molar-refractivity contribution in [3.8, 4) is 0 Å². The van der Waals surface area contributed by atoms with E-state index in [0.717, 1.165) is 19.6 Å². The molecule has 2 aliphatic heterocycles. The zero-order chi connectivity index (χ0) is 13.8. The highest BCUT2D eigenvalue weighted by molar-refractivity contribution is 5.19. The SMILES string of the molecule is CCNC(C1=CCCO1)C1(N2CCCCC2)CCCC1. The van der Waals surface area contributed by atoms with Gasteiger partial charge < -0.3 is 10.1 Å². The third kappa shape index (κ3) is 2.62. The van der Waals surface area contributed by atoms with E-state index in [9.17, 15) is 0 Å². The topological polar surface area (TPSA) is 24.5 Å². The van der Waals surface area contributed by atoms with E-state index in [4.69, 9.17) is 4.74 Å². The van der Waals surface area contributed by atoms with Gasteiger partial charge in [-0.05, 0) is 51.4 Å². The number of rotatable bonds is 5. The lowest BCUT2D eigenvalue weighted by Gasteiger charge is -2.48. The fraction of sp³-hybridized carbons (Fsp3) is 0.882. The first-order valence-electron chi connectivity index (χ1n) is 8.68. The van der Waals surface area contributed by atoms with Crippen molar-refractivity contribution >= 4 is 0 Å². The van der Waals surface area contributed by atoms with E-state index in [1.54, 1.807) is 0 Å². The molecule has 1 atom stereocenters. The first-order valence-corrected chi connectivity index (χ1v) is 8.68. The van der Waals surface area contributed by atoms with Gasteiger partial charge in [0.2, 0.25) is 0 Å². The maximum atomic E-state index is 5.97. The summed E-state index contributed by atoms with van der Waals surface area (Å²) in [5.41, 5.74) is 0.326. The summed E-state index contributed by atoms with van der Waals surface area (Å²) < 4.78 is 5.97. The lowest BCUT2D eigenvalue weighted by atomic mass is 9.83. The highest BCUT2D eigenvalue weighted by Gasteiger charge is 2.48. The molecule has 0 aromatic carbocycles. The number of likely N-dealkylation sites (tertiary alicyclic amines) is 1. The standard InChI is InChI=1S/C17H30N2O/c1-2-18-16(15-9-8-14-20-15)17(10-4-5-11-17)19-12-6-3-7-13-19/h9,16,18H,2-8,10-14H2,1H3. The molecule has 3 heteroatoms. The van der Waals surface area contributed by atoms with Gasteiger partial charge in [0.15, 0.2) is 0 Å². The van der Waals surface area contributed by atoms with Crippen molar-refractivity contribution in [1.82, 2.24) is 10.2 Å². The Bertz CT molecular complexity index is 341. The molecule has 1 saturated heterocycles. The fourth-order valence-electron chi connectivity index (χ4n) is 4.51. The Morgan fingerprint density at radius 2 is 1.95 bits per heavy atom. The highest BCUT2D eigenvalue weighted by atomic mass is 16.5. The average molecular weight is 278 g/mol. The van der Waals surface area contributed by atoms with E-state index < -0.39 is 0 Å². The molecule has 3 nitrogen and oxygen atoms in total. The summed E-state index contributed by atoms with van der Waals surface area (Å²) in [6.45, 7) is 6.71. The summed E-state index contributed by atoms with van der Waals surface area (Å²) in [5.74, 6) is 1.24. The van der Waals surface area contributed by atoms with Crippen LogP contribution in [0.4, 0.5) is 0 Å². The van der Waals surface area contributed by atoms with Crippen molar-refractivity contribution in [3.05, 3.63) is 11.8 Å². The second kappa shape index (κ2) is 6.48. The summed E-state index contributed by atoms with van der Waals surface area (Å²) in [7, 11) is 0. The van der Waals surface area contributed by atoms with Gasteiger partial charge in [-0.25, -0.2) is 0 Å². The molecule has 0 spiro atoms. The Morgan fingerprint density at radius 3 is 2.55 bits per heavy atom. The lowest BCUT2D eigenvalue weighted by molar-refractivity contribution is 0.0300. The van der Waals surface area contributed by atoms with Crippen LogP contribution in [0, 0.1) is 0 Å². The van der Waals surface area contributed by atoms with E-state index in [1.165, 1.54) is 63.8 Å². The molecule has 0 bridgehead atoms. The van der Waals surface area contributed by atoms with Gasteiger partial charge in [-0.2, -0.15) is 0 Å². The largest absolute Gasteiger partial charge is 0.496 e. The zero-order valence-electron chi connectivity index (χ0n) is 13.0. The number of hydrogen-bond acceptors (Lipinski definition) is 3. The van der Waals surface area contributed by atoms with Crippen molar-refractivity contribution in [3.63, 3.8) is 0 Å². The smallest absolute Gasteiger partial charge is 0.111 e. The quantitative estimate of drug-likeness (QED) is 0.836. The number of nitrogens with one attached hydrogen (secondary N) is 1. The van der Waals surface area contributed by atoms with Gasteiger partial charge in [0.05, 0.1) is 12.6 Å². The van der Waals surface area contributed by atoms with Crippen LogP contribution in [0.25, 0.3) is 0 Å². The molecule has 1 aliphatic carbocycles. The molecule has 2 heterocycles. The molecular formula is C17H30N2O. The number of nitrogens with zero attached hydrogens (tertiary/aromatic N) is 1. The van der Waals surface area contributed by atoms with Crippen LogP contribution >= 0.6 is 0 Å². The van der Waals surface area contributed by atoms with Crippen molar-refractivity contribution < 1.29 is 4.74 Å².